The Bertz CT molecular complexity index is 906. The smallest absolute Gasteiger partial charge is 0.236 e. The number of carbonyl (C=O) groups is 1. The maximum absolute atomic E-state index is 12.1. The molecule has 0 aliphatic carbocycles. The van der Waals surface area contributed by atoms with Gasteiger partial charge in [0.15, 0.2) is 16.1 Å². The van der Waals surface area contributed by atoms with Crippen LogP contribution in [0.25, 0.3) is 11.4 Å². The third-order valence-corrected chi connectivity index (χ3v) is 5.40. The number of aryl methyl sites for hydroxylation is 1. The van der Waals surface area contributed by atoms with Crippen LogP contribution in [0.15, 0.2) is 34.8 Å². The lowest BCUT2D eigenvalue weighted by molar-refractivity contribution is -0.113. The molecule has 1 amide bonds. The zero-order valence-corrected chi connectivity index (χ0v) is 16.4. The highest BCUT2D eigenvalue weighted by Crippen LogP contribution is 2.26. The van der Waals surface area contributed by atoms with Crippen LogP contribution in [0.4, 0.5) is 5.13 Å². The predicted molar refractivity (Wildman–Crippen MR) is 104 cm³/mol. The molecule has 0 saturated carbocycles. The van der Waals surface area contributed by atoms with Gasteiger partial charge in [0.2, 0.25) is 5.91 Å². The molecule has 9 heteroatoms. The number of methoxy groups -OCH3 is 1. The summed E-state index contributed by atoms with van der Waals surface area (Å²) in [6, 6.07) is 7.68. The molecule has 1 aromatic carbocycles. The number of thioether (sulfide) groups is 1. The largest absolute Gasteiger partial charge is 0.497 e. The summed E-state index contributed by atoms with van der Waals surface area (Å²) in [6.07, 6.45) is 0. The number of aromatic nitrogens is 4. The molecule has 136 valence electrons. The van der Waals surface area contributed by atoms with Crippen molar-refractivity contribution in [2.24, 2.45) is 0 Å². The Labute approximate surface area is 159 Å². The van der Waals surface area contributed by atoms with Crippen LogP contribution in [0.5, 0.6) is 5.75 Å². The summed E-state index contributed by atoms with van der Waals surface area (Å²) < 4.78 is 7.26. The molecule has 0 aliphatic rings. The third kappa shape index (κ3) is 4.23. The van der Waals surface area contributed by atoms with E-state index in [9.17, 15) is 4.79 Å². The van der Waals surface area contributed by atoms with Crippen LogP contribution in [0.1, 0.15) is 12.6 Å². The SMILES string of the molecule is CCn1c(SCC(=O)Nc2nc(C)cs2)nnc1-c1cccc(OC)c1. The molecule has 3 rings (SSSR count). The maximum atomic E-state index is 12.1. The normalized spacial score (nSPS) is 10.7. The average Bonchev–Trinajstić information content (AvgIpc) is 3.25. The molecular weight excluding hydrogens is 370 g/mol. The van der Waals surface area contributed by atoms with E-state index in [0.29, 0.717) is 16.8 Å². The number of hydrogen-bond acceptors (Lipinski definition) is 7. The number of benzene rings is 1. The lowest BCUT2D eigenvalue weighted by Crippen LogP contribution is -2.14. The van der Waals surface area contributed by atoms with Crippen molar-refractivity contribution in [1.29, 1.82) is 0 Å². The second-order valence-corrected chi connectivity index (χ2v) is 7.21. The Morgan fingerprint density at radius 1 is 1.38 bits per heavy atom. The zero-order chi connectivity index (χ0) is 18.5. The lowest BCUT2D eigenvalue weighted by Gasteiger charge is -2.08. The van der Waals surface area contributed by atoms with Gasteiger partial charge in [-0.2, -0.15) is 0 Å². The number of anilines is 1. The maximum Gasteiger partial charge on any atom is 0.236 e. The first kappa shape index (κ1) is 18.4. The molecule has 0 bridgehead atoms. The highest BCUT2D eigenvalue weighted by molar-refractivity contribution is 7.99. The van der Waals surface area contributed by atoms with Crippen LogP contribution in [0.2, 0.25) is 0 Å². The number of nitrogens with zero attached hydrogens (tertiary/aromatic N) is 4. The predicted octanol–water partition coefficient (Wildman–Crippen LogP) is 3.47. The molecule has 2 heterocycles. The van der Waals surface area contributed by atoms with Crippen molar-refractivity contribution in [3.63, 3.8) is 0 Å². The molecule has 0 aliphatic heterocycles. The van der Waals surface area contributed by atoms with Crippen molar-refractivity contribution in [3.05, 3.63) is 35.3 Å². The summed E-state index contributed by atoms with van der Waals surface area (Å²) in [4.78, 5) is 16.3. The Balaban J connectivity index is 1.70. The van der Waals surface area contributed by atoms with Crippen LogP contribution in [-0.2, 0) is 11.3 Å². The number of amides is 1. The van der Waals surface area contributed by atoms with Gasteiger partial charge >= 0.3 is 0 Å². The number of thiazole rings is 1. The number of carbonyl (C=O) groups excluding carboxylic acids is 1. The number of ether oxygens (including phenoxy) is 1. The van der Waals surface area contributed by atoms with Gasteiger partial charge in [-0.25, -0.2) is 4.98 Å². The van der Waals surface area contributed by atoms with Crippen molar-refractivity contribution < 1.29 is 9.53 Å². The fourth-order valence-electron chi connectivity index (χ4n) is 2.35. The molecule has 0 fully saturated rings. The van der Waals surface area contributed by atoms with Gasteiger partial charge in [-0.1, -0.05) is 23.9 Å². The van der Waals surface area contributed by atoms with Crippen molar-refractivity contribution in [3.8, 4) is 17.1 Å². The van der Waals surface area contributed by atoms with Crippen LogP contribution in [-0.4, -0.2) is 38.5 Å². The molecular formula is C17H19N5O2S2. The van der Waals surface area contributed by atoms with E-state index >= 15 is 0 Å². The molecule has 0 unspecified atom stereocenters. The van der Waals surface area contributed by atoms with Crippen molar-refractivity contribution in [2.75, 3.05) is 18.2 Å². The van der Waals surface area contributed by atoms with Crippen LogP contribution < -0.4 is 10.1 Å². The molecule has 0 spiro atoms. The average molecular weight is 390 g/mol. The highest BCUT2D eigenvalue weighted by atomic mass is 32.2. The van der Waals surface area contributed by atoms with Gasteiger partial charge in [0.25, 0.3) is 0 Å². The Morgan fingerprint density at radius 2 is 2.23 bits per heavy atom. The first-order valence-electron chi connectivity index (χ1n) is 8.03. The molecule has 7 nitrogen and oxygen atoms in total. The minimum absolute atomic E-state index is 0.113. The van der Waals surface area contributed by atoms with E-state index < -0.39 is 0 Å². The zero-order valence-electron chi connectivity index (χ0n) is 14.7. The summed E-state index contributed by atoms with van der Waals surface area (Å²) in [5, 5.41) is 14.6. The topological polar surface area (TPSA) is 81.9 Å². The second-order valence-electron chi connectivity index (χ2n) is 5.41. The summed E-state index contributed by atoms with van der Waals surface area (Å²) in [6.45, 7) is 4.62. The Kier molecular flexibility index (Phi) is 5.89. The lowest BCUT2D eigenvalue weighted by atomic mass is 10.2. The number of rotatable bonds is 7. The van der Waals surface area contributed by atoms with E-state index in [4.69, 9.17) is 4.74 Å². The first-order chi connectivity index (χ1) is 12.6. The fourth-order valence-corrected chi connectivity index (χ4v) is 3.86. The third-order valence-electron chi connectivity index (χ3n) is 3.56. The molecule has 0 radical (unpaired) electrons. The quantitative estimate of drug-likeness (QED) is 0.623. The molecule has 0 atom stereocenters. The minimum Gasteiger partial charge on any atom is -0.497 e. The van der Waals surface area contributed by atoms with Crippen molar-refractivity contribution in [1.82, 2.24) is 19.7 Å². The summed E-state index contributed by atoms with van der Waals surface area (Å²) in [5.41, 5.74) is 1.82. The van der Waals surface area contributed by atoms with Crippen molar-refractivity contribution in [2.45, 2.75) is 25.5 Å². The molecule has 26 heavy (non-hydrogen) atoms. The molecule has 0 saturated heterocycles. The van der Waals surface area contributed by atoms with Gasteiger partial charge in [0.1, 0.15) is 5.75 Å². The van der Waals surface area contributed by atoms with Gasteiger partial charge < -0.3 is 14.6 Å². The van der Waals surface area contributed by atoms with Crippen LogP contribution >= 0.6 is 23.1 Å². The van der Waals surface area contributed by atoms with E-state index in [1.165, 1.54) is 23.1 Å². The molecule has 3 aromatic rings. The van der Waals surface area contributed by atoms with Gasteiger partial charge in [-0.15, -0.1) is 21.5 Å². The monoisotopic (exact) mass is 389 g/mol. The Morgan fingerprint density at radius 3 is 2.92 bits per heavy atom. The van der Waals surface area contributed by atoms with Crippen LogP contribution in [0.3, 0.4) is 0 Å². The van der Waals surface area contributed by atoms with Gasteiger partial charge in [0, 0.05) is 17.5 Å². The summed E-state index contributed by atoms with van der Waals surface area (Å²) in [7, 11) is 1.63. The molecule has 2 aromatic heterocycles. The van der Waals surface area contributed by atoms with E-state index in [1.54, 1.807) is 7.11 Å². The fraction of sp³-hybridized carbons (Fsp3) is 0.294. The van der Waals surface area contributed by atoms with E-state index in [2.05, 4.69) is 20.5 Å². The first-order valence-corrected chi connectivity index (χ1v) is 9.89. The standard InChI is InChI=1S/C17H19N5O2S2/c1-4-22-15(12-6-5-7-13(8-12)24-3)20-21-17(22)26-10-14(23)19-16-18-11(2)9-25-16/h5-9H,4,10H2,1-3H3,(H,18,19,23). The summed E-state index contributed by atoms with van der Waals surface area (Å²) >= 11 is 2.77. The molecule has 1 N–H and O–H groups in total. The second kappa shape index (κ2) is 8.33. The van der Waals surface area contributed by atoms with Gasteiger partial charge in [-0.05, 0) is 26.0 Å². The van der Waals surface area contributed by atoms with Gasteiger partial charge in [-0.3, -0.25) is 4.79 Å². The van der Waals surface area contributed by atoms with E-state index in [-0.39, 0.29) is 11.7 Å². The van der Waals surface area contributed by atoms with E-state index in [1.807, 2.05) is 48.1 Å². The summed E-state index contributed by atoms with van der Waals surface area (Å²) in [5.74, 6) is 1.65. The number of hydrogen-bond donors (Lipinski definition) is 1. The van der Waals surface area contributed by atoms with E-state index in [0.717, 1.165) is 22.8 Å². The van der Waals surface area contributed by atoms with Gasteiger partial charge in [0.05, 0.1) is 18.6 Å². The highest BCUT2D eigenvalue weighted by Gasteiger charge is 2.15. The number of nitrogens with one attached hydrogen (secondary N) is 1. The van der Waals surface area contributed by atoms with Crippen LogP contribution in [0, 0.1) is 6.92 Å². The minimum atomic E-state index is -0.113. The Hall–Kier alpha value is -2.39. The van der Waals surface area contributed by atoms with Crippen molar-refractivity contribution >= 4 is 34.1 Å².